The smallest absolute Gasteiger partial charge is 0.302 e. The summed E-state index contributed by atoms with van der Waals surface area (Å²) in [6.07, 6.45) is 0. The zero-order valence-corrected chi connectivity index (χ0v) is 6.74. The van der Waals surface area contributed by atoms with Gasteiger partial charge in [-0.2, -0.15) is 0 Å². The van der Waals surface area contributed by atoms with Crippen LogP contribution in [0.25, 0.3) is 0 Å². The minimum atomic E-state index is -0.341. The summed E-state index contributed by atoms with van der Waals surface area (Å²) in [6, 6.07) is 0. The maximum absolute atomic E-state index is 10.3. The van der Waals surface area contributed by atoms with Gasteiger partial charge in [0.15, 0.2) is 0 Å². The van der Waals surface area contributed by atoms with Crippen LogP contribution >= 0.6 is 0 Å². The third-order valence-corrected chi connectivity index (χ3v) is 1.14. The Morgan fingerprint density at radius 3 is 2.64 bits per heavy atom. The summed E-state index contributed by atoms with van der Waals surface area (Å²) in [5.41, 5.74) is 0. The molecule has 0 saturated heterocycles. The molecule has 5 nitrogen and oxygen atoms in total. The van der Waals surface area contributed by atoms with Gasteiger partial charge in [0, 0.05) is 13.5 Å². The number of hydrogen-bond acceptors (Lipinski definition) is 4. The number of esters is 1. The summed E-state index contributed by atoms with van der Waals surface area (Å²) in [7, 11) is 0. The zero-order valence-electron chi connectivity index (χ0n) is 6.74. The molecule has 0 aromatic rings. The quantitative estimate of drug-likeness (QED) is 0.335. The van der Waals surface area contributed by atoms with E-state index in [-0.39, 0.29) is 12.6 Å². The standard InChI is InChI=1S/C6H12N2O3/c1-3-8(7-10)4-5-11-6(2)9/h3-5H2,1-2H3. The van der Waals surface area contributed by atoms with E-state index in [1.54, 1.807) is 6.92 Å². The molecule has 0 N–H and O–H groups in total. The van der Waals surface area contributed by atoms with Crippen molar-refractivity contribution in [2.75, 3.05) is 19.7 Å². The second kappa shape index (κ2) is 5.64. The monoisotopic (exact) mass is 160 g/mol. The Balaban J connectivity index is 3.35. The molecule has 0 amide bonds. The lowest BCUT2D eigenvalue weighted by Gasteiger charge is -2.11. The van der Waals surface area contributed by atoms with E-state index in [0.717, 1.165) is 0 Å². The maximum Gasteiger partial charge on any atom is 0.302 e. The van der Waals surface area contributed by atoms with Gasteiger partial charge < -0.3 is 4.74 Å². The van der Waals surface area contributed by atoms with E-state index >= 15 is 0 Å². The first-order valence-electron chi connectivity index (χ1n) is 3.42. The molecule has 0 rings (SSSR count). The van der Waals surface area contributed by atoms with E-state index in [1.165, 1.54) is 11.9 Å². The van der Waals surface area contributed by atoms with Crippen molar-refractivity contribution in [3.05, 3.63) is 4.91 Å². The van der Waals surface area contributed by atoms with E-state index < -0.39 is 0 Å². The lowest BCUT2D eigenvalue weighted by atomic mass is 10.6. The molecular formula is C6H12N2O3. The summed E-state index contributed by atoms with van der Waals surface area (Å²) in [4.78, 5) is 20.2. The second-order valence-corrected chi connectivity index (χ2v) is 1.97. The van der Waals surface area contributed by atoms with Crippen molar-refractivity contribution in [2.45, 2.75) is 13.8 Å². The fourth-order valence-electron chi connectivity index (χ4n) is 0.551. The molecule has 64 valence electrons. The molecule has 0 fully saturated rings. The zero-order chi connectivity index (χ0) is 8.69. The van der Waals surface area contributed by atoms with Gasteiger partial charge in [0.25, 0.3) is 0 Å². The first-order valence-corrected chi connectivity index (χ1v) is 3.42. The molecule has 11 heavy (non-hydrogen) atoms. The lowest BCUT2D eigenvalue weighted by molar-refractivity contribution is -0.141. The van der Waals surface area contributed by atoms with Crippen molar-refractivity contribution < 1.29 is 9.53 Å². The van der Waals surface area contributed by atoms with E-state index in [0.29, 0.717) is 13.1 Å². The van der Waals surface area contributed by atoms with Crippen LogP contribution in [0.3, 0.4) is 0 Å². The molecule has 0 aliphatic carbocycles. The number of carbonyl (C=O) groups is 1. The van der Waals surface area contributed by atoms with Crippen LogP contribution in [0.15, 0.2) is 5.29 Å². The van der Waals surface area contributed by atoms with Gasteiger partial charge in [0.2, 0.25) is 0 Å². The number of ether oxygens (including phenoxy) is 1. The molecule has 0 saturated carbocycles. The molecule has 0 spiro atoms. The Kier molecular flexibility index (Phi) is 5.06. The number of hydrogen-bond donors (Lipinski definition) is 0. The topological polar surface area (TPSA) is 59.0 Å². The van der Waals surface area contributed by atoms with Gasteiger partial charge in [-0.15, -0.1) is 4.91 Å². The summed E-state index contributed by atoms with van der Waals surface area (Å²) >= 11 is 0. The highest BCUT2D eigenvalue weighted by Gasteiger charge is 1.99. The minimum absolute atomic E-state index is 0.217. The van der Waals surface area contributed by atoms with Gasteiger partial charge in [-0.25, -0.2) is 0 Å². The molecule has 5 heteroatoms. The third-order valence-electron chi connectivity index (χ3n) is 1.14. The molecule has 0 aliphatic heterocycles. The van der Waals surface area contributed by atoms with Crippen LogP contribution in [0.2, 0.25) is 0 Å². The Morgan fingerprint density at radius 2 is 2.27 bits per heavy atom. The number of rotatable bonds is 5. The highest BCUT2D eigenvalue weighted by molar-refractivity contribution is 5.65. The van der Waals surface area contributed by atoms with E-state index in [9.17, 15) is 9.70 Å². The average Bonchev–Trinajstić information content (AvgIpc) is 1.98. The predicted octanol–water partition coefficient (Wildman–Crippen LogP) is 0.553. The first kappa shape index (κ1) is 9.87. The predicted molar refractivity (Wildman–Crippen MR) is 39.7 cm³/mol. The van der Waals surface area contributed by atoms with Crippen molar-refractivity contribution in [1.29, 1.82) is 0 Å². The minimum Gasteiger partial charge on any atom is -0.464 e. The van der Waals surface area contributed by atoms with Crippen LogP contribution in [-0.4, -0.2) is 30.7 Å². The molecule has 0 bridgehead atoms. The van der Waals surface area contributed by atoms with Crippen LogP contribution in [0.1, 0.15) is 13.8 Å². The van der Waals surface area contributed by atoms with E-state index in [1.807, 2.05) is 0 Å². The Hall–Kier alpha value is -1.13. The average molecular weight is 160 g/mol. The molecular weight excluding hydrogens is 148 g/mol. The van der Waals surface area contributed by atoms with E-state index in [2.05, 4.69) is 10.0 Å². The molecule has 0 aromatic carbocycles. The molecule has 0 radical (unpaired) electrons. The molecule has 0 heterocycles. The highest BCUT2D eigenvalue weighted by Crippen LogP contribution is 1.87. The number of likely N-dealkylation sites (N-methyl/N-ethyl adjacent to an activating group) is 1. The summed E-state index contributed by atoms with van der Waals surface area (Å²) in [5, 5.41) is 3.98. The summed E-state index contributed by atoms with van der Waals surface area (Å²) in [5.74, 6) is -0.341. The van der Waals surface area contributed by atoms with Crippen LogP contribution in [0.4, 0.5) is 0 Å². The lowest BCUT2D eigenvalue weighted by Crippen LogP contribution is -2.22. The number of nitrogens with zero attached hydrogens (tertiary/aromatic N) is 2. The largest absolute Gasteiger partial charge is 0.464 e. The molecule has 0 aromatic heterocycles. The molecule has 0 atom stereocenters. The van der Waals surface area contributed by atoms with Gasteiger partial charge in [-0.3, -0.25) is 9.80 Å². The van der Waals surface area contributed by atoms with Gasteiger partial charge in [0.05, 0.1) is 11.8 Å². The van der Waals surface area contributed by atoms with Crippen molar-refractivity contribution in [1.82, 2.24) is 5.01 Å². The SMILES string of the molecule is CCN(CCOC(C)=O)N=O. The van der Waals surface area contributed by atoms with E-state index in [4.69, 9.17) is 0 Å². The van der Waals surface area contributed by atoms with Crippen molar-refractivity contribution in [2.24, 2.45) is 5.29 Å². The Labute approximate surface area is 65.3 Å². The number of carbonyl (C=O) groups excluding carboxylic acids is 1. The highest BCUT2D eigenvalue weighted by atomic mass is 16.5. The van der Waals surface area contributed by atoms with Gasteiger partial charge in [-0.1, -0.05) is 0 Å². The normalized spacial score (nSPS) is 8.91. The Bertz CT molecular complexity index is 138. The van der Waals surface area contributed by atoms with Crippen LogP contribution in [-0.2, 0) is 9.53 Å². The van der Waals surface area contributed by atoms with Crippen molar-refractivity contribution in [3.63, 3.8) is 0 Å². The fourth-order valence-corrected chi connectivity index (χ4v) is 0.551. The second-order valence-electron chi connectivity index (χ2n) is 1.97. The van der Waals surface area contributed by atoms with Gasteiger partial charge in [0.1, 0.15) is 6.61 Å². The van der Waals surface area contributed by atoms with Crippen LogP contribution in [0, 0.1) is 4.91 Å². The third kappa shape index (κ3) is 5.32. The summed E-state index contributed by atoms with van der Waals surface area (Å²) < 4.78 is 4.60. The first-order chi connectivity index (χ1) is 5.20. The molecule has 0 aliphatic rings. The van der Waals surface area contributed by atoms with Gasteiger partial charge >= 0.3 is 5.97 Å². The molecule has 0 unspecified atom stereocenters. The van der Waals surface area contributed by atoms with Crippen LogP contribution < -0.4 is 0 Å². The van der Waals surface area contributed by atoms with Crippen LogP contribution in [0.5, 0.6) is 0 Å². The van der Waals surface area contributed by atoms with Crippen molar-refractivity contribution in [3.8, 4) is 0 Å². The van der Waals surface area contributed by atoms with Gasteiger partial charge in [-0.05, 0) is 6.92 Å². The van der Waals surface area contributed by atoms with Crippen molar-refractivity contribution >= 4 is 5.97 Å². The summed E-state index contributed by atoms with van der Waals surface area (Å²) in [6.45, 7) is 4.24. The number of nitroso groups, excluding NO2 is 1. The maximum atomic E-state index is 10.3. The fraction of sp³-hybridized carbons (Fsp3) is 0.833. The Morgan fingerprint density at radius 1 is 1.64 bits per heavy atom.